The van der Waals surface area contributed by atoms with Crippen molar-refractivity contribution in [2.24, 2.45) is 0 Å². The molecule has 1 aliphatic heterocycles. The van der Waals surface area contributed by atoms with Gasteiger partial charge in [-0.1, -0.05) is 42.5 Å². The van der Waals surface area contributed by atoms with E-state index < -0.39 is 10.0 Å². The summed E-state index contributed by atoms with van der Waals surface area (Å²) in [4.78, 5) is 0.234. The summed E-state index contributed by atoms with van der Waals surface area (Å²) in [6.07, 6.45) is 0. The van der Waals surface area contributed by atoms with Gasteiger partial charge in [0.1, 0.15) is 0 Å². The molecule has 1 saturated heterocycles. The Morgan fingerprint density at radius 1 is 0.931 bits per heavy atom. The van der Waals surface area contributed by atoms with E-state index in [0.29, 0.717) is 37.1 Å². The highest BCUT2D eigenvalue weighted by molar-refractivity contribution is 7.89. The van der Waals surface area contributed by atoms with E-state index in [1.54, 1.807) is 24.3 Å². The number of ether oxygens (including phenoxy) is 1. The summed E-state index contributed by atoms with van der Waals surface area (Å²) >= 11 is 5.44. The van der Waals surface area contributed by atoms with E-state index in [1.807, 2.05) is 42.5 Å². The maximum absolute atomic E-state index is 12.9. The van der Waals surface area contributed by atoms with Gasteiger partial charge in [-0.25, -0.2) is 8.42 Å². The molecule has 0 aliphatic carbocycles. The first-order valence-corrected chi connectivity index (χ1v) is 11.1. The second-order valence-electron chi connectivity index (χ2n) is 6.65. The first-order valence-electron chi connectivity index (χ1n) is 9.28. The normalized spacial score (nSPS) is 15.2. The Bertz CT molecular complexity index is 1140. The van der Waals surface area contributed by atoms with E-state index in [0.717, 1.165) is 16.5 Å². The molecule has 0 saturated carbocycles. The molecule has 0 atom stereocenters. The van der Waals surface area contributed by atoms with Crippen molar-refractivity contribution in [3.63, 3.8) is 0 Å². The molecular formula is C21H21N3O3S2. The lowest BCUT2D eigenvalue weighted by Gasteiger charge is -2.26. The van der Waals surface area contributed by atoms with Crippen LogP contribution in [0.5, 0.6) is 0 Å². The third-order valence-corrected chi connectivity index (χ3v) is 6.84. The van der Waals surface area contributed by atoms with Gasteiger partial charge < -0.3 is 15.4 Å². The van der Waals surface area contributed by atoms with Crippen LogP contribution in [-0.4, -0.2) is 44.1 Å². The van der Waals surface area contributed by atoms with Crippen LogP contribution in [0, 0.1) is 0 Å². The molecule has 0 radical (unpaired) electrons. The summed E-state index contributed by atoms with van der Waals surface area (Å²) in [6, 6.07) is 20.7. The highest BCUT2D eigenvalue weighted by Crippen LogP contribution is 2.24. The van der Waals surface area contributed by atoms with Gasteiger partial charge in [0.05, 0.1) is 18.1 Å². The SMILES string of the molecule is O=S(=O)(c1cccc(NC(=S)Nc2cccc3ccccc23)c1)N1CCOCC1. The molecule has 0 spiro atoms. The predicted octanol–water partition coefficient (Wildman–Crippen LogP) is 3.67. The average Bonchev–Trinajstić information content (AvgIpc) is 2.75. The third-order valence-electron chi connectivity index (χ3n) is 4.74. The molecule has 150 valence electrons. The molecule has 1 fully saturated rings. The minimum absolute atomic E-state index is 0.234. The zero-order valence-corrected chi connectivity index (χ0v) is 17.3. The van der Waals surface area contributed by atoms with Crippen molar-refractivity contribution in [2.45, 2.75) is 4.90 Å². The van der Waals surface area contributed by atoms with Gasteiger partial charge in [0.15, 0.2) is 5.11 Å². The first kappa shape index (κ1) is 19.8. The number of benzene rings is 3. The fourth-order valence-electron chi connectivity index (χ4n) is 3.29. The standard InChI is InChI=1S/C21H21N3O3S2/c25-29(26,24-11-13-27-14-12-24)18-8-4-7-17(15-18)22-21(28)23-20-10-3-6-16-5-1-2-9-19(16)20/h1-10,15H,11-14H2,(H2,22,23,28). The molecule has 0 bridgehead atoms. The summed E-state index contributed by atoms with van der Waals surface area (Å²) < 4.78 is 32.4. The van der Waals surface area contributed by atoms with E-state index in [4.69, 9.17) is 17.0 Å². The van der Waals surface area contributed by atoms with Crippen molar-refractivity contribution in [2.75, 3.05) is 36.9 Å². The molecule has 1 heterocycles. The maximum atomic E-state index is 12.9. The summed E-state index contributed by atoms with van der Waals surface area (Å²) in [5.41, 5.74) is 1.50. The van der Waals surface area contributed by atoms with Crippen molar-refractivity contribution >= 4 is 49.5 Å². The van der Waals surface area contributed by atoms with Gasteiger partial charge in [0, 0.05) is 29.9 Å². The Kier molecular flexibility index (Phi) is 5.77. The van der Waals surface area contributed by atoms with Crippen LogP contribution in [0.2, 0.25) is 0 Å². The van der Waals surface area contributed by atoms with Crippen LogP contribution in [0.1, 0.15) is 0 Å². The first-order chi connectivity index (χ1) is 14.0. The predicted molar refractivity (Wildman–Crippen MR) is 120 cm³/mol. The number of thiocarbonyl (C=S) groups is 1. The lowest BCUT2D eigenvalue weighted by molar-refractivity contribution is 0.0730. The lowest BCUT2D eigenvalue weighted by atomic mass is 10.1. The minimum Gasteiger partial charge on any atom is -0.379 e. The van der Waals surface area contributed by atoms with Gasteiger partial charge in [0.25, 0.3) is 0 Å². The molecule has 3 aromatic rings. The average molecular weight is 428 g/mol. The molecular weight excluding hydrogens is 406 g/mol. The maximum Gasteiger partial charge on any atom is 0.243 e. The number of anilines is 2. The van der Waals surface area contributed by atoms with Gasteiger partial charge in [-0.2, -0.15) is 4.31 Å². The van der Waals surface area contributed by atoms with Crippen LogP contribution in [-0.2, 0) is 14.8 Å². The highest BCUT2D eigenvalue weighted by Gasteiger charge is 2.26. The topological polar surface area (TPSA) is 70.7 Å². The van der Waals surface area contributed by atoms with Crippen LogP contribution in [0.15, 0.2) is 71.6 Å². The molecule has 3 aromatic carbocycles. The molecule has 2 N–H and O–H groups in total. The molecule has 29 heavy (non-hydrogen) atoms. The van der Waals surface area contributed by atoms with Crippen molar-refractivity contribution in [3.05, 3.63) is 66.7 Å². The third kappa shape index (κ3) is 4.40. The largest absolute Gasteiger partial charge is 0.379 e. The highest BCUT2D eigenvalue weighted by atomic mass is 32.2. The quantitative estimate of drug-likeness (QED) is 0.619. The summed E-state index contributed by atoms with van der Waals surface area (Å²) in [6.45, 7) is 1.55. The monoisotopic (exact) mass is 427 g/mol. The Hall–Kier alpha value is -2.52. The van der Waals surface area contributed by atoms with Gasteiger partial charge >= 0.3 is 0 Å². The van der Waals surface area contributed by atoms with Crippen molar-refractivity contribution in [1.82, 2.24) is 4.31 Å². The Labute approximate surface area is 175 Å². The number of rotatable bonds is 4. The number of sulfonamides is 1. The van der Waals surface area contributed by atoms with Gasteiger partial charge in [-0.05, 0) is 41.9 Å². The van der Waals surface area contributed by atoms with Crippen molar-refractivity contribution in [3.8, 4) is 0 Å². The summed E-state index contributed by atoms with van der Waals surface area (Å²) in [7, 11) is -3.56. The smallest absolute Gasteiger partial charge is 0.243 e. The van der Waals surface area contributed by atoms with Crippen LogP contribution in [0.25, 0.3) is 10.8 Å². The number of fused-ring (bicyclic) bond motifs is 1. The number of nitrogens with zero attached hydrogens (tertiary/aromatic N) is 1. The van der Waals surface area contributed by atoms with Crippen molar-refractivity contribution in [1.29, 1.82) is 0 Å². The van der Waals surface area contributed by atoms with E-state index in [9.17, 15) is 8.42 Å². The molecule has 8 heteroatoms. The zero-order valence-electron chi connectivity index (χ0n) is 15.7. The number of hydrogen-bond donors (Lipinski definition) is 2. The summed E-state index contributed by atoms with van der Waals surface area (Å²) in [5.74, 6) is 0. The Balaban J connectivity index is 1.51. The van der Waals surface area contributed by atoms with Crippen LogP contribution >= 0.6 is 12.2 Å². The minimum atomic E-state index is -3.56. The number of hydrogen-bond acceptors (Lipinski definition) is 4. The summed E-state index contributed by atoms with van der Waals surface area (Å²) in [5, 5.41) is 8.84. The fraction of sp³-hybridized carbons (Fsp3) is 0.190. The van der Waals surface area contributed by atoms with E-state index in [1.165, 1.54) is 4.31 Å². The molecule has 4 rings (SSSR count). The van der Waals surface area contributed by atoms with Gasteiger partial charge in [-0.3, -0.25) is 0 Å². The van der Waals surface area contributed by atoms with Crippen LogP contribution < -0.4 is 10.6 Å². The second kappa shape index (κ2) is 8.46. The van der Waals surface area contributed by atoms with E-state index >= 15 is 0 Å². The van der Waals surface area contributed by atoms with Crippen LogP contribution in [0.4, 0.5) is 11.4 Å². The molecule has 0 aromatic heterocycles. The molecule has 0 amide bonds. The molecule has 0 unspecified atom stereocenters. The fourth-order valence-corrected chi connectivity index (χ4v) is 4.97. The van der Waals surface area contributed by atoms with Gasteiger partial charge in [-0.15, -0.1) is 0 Å². The molecule has 1 aliphatic rings. The van der Waals surface area contributed by atoms with Crippen molar-refractivity contribution < 1.29 is 13.2 Å². The Morgan fingerprint density at radius 2 is 1.66 bits per heavy atom. The van der Waals surface area contributed by atoms with Gasteiger partial charge in [0.2, 0.25) is 10.0 Å². The Morgan fingerprint density at radius 3 is 2.48 bits per heavy atom. The van der Waals surface area contributed by atoms with E-state index in [-0.39, 0.29) is 4.90 Å². The lowest BCUT2D eigenvalue weighted by Crippen LogP contribution is -2.40. The second-order valence-corrected chi connectivity index (χ2v) is 9.00. The number of morpholine rings is 1. The number of nitrogens with one attached hydrogen (secondary N) is 2. The molecule has 6 nitrogen and oxygen atoms in total. The van der Waals surface area contributed by atoms with Crippen LogP contribution in [0.3, 0.4) is 0 Å². The zero-order chi connectivity index (χ0) is 20.3. The van der Waals surface area contributed by atoms with E-state index in [2.05, 4.69) is 10.6 Å².